The van der Waals surface area contributed by atoms with Crippen molar-refractivity contribution in [3.8, 4) is 0 Å². The fourth-order valence-corrected chi connectivity index (χ4v) is 1.92. The summed E-state index contributed by atoms with van der Waals surface area (Å²) in [4.78, 5) is 0. The van der Waals surface area contributed by atoms with Crippen molar-refractivity contribution in [1.29, 1.82) is 0 Å². The zero-order chi connectivity index (χ0) is 15.9. The fourth-order valence-electron chi connectivity index (χ4n) is 1.92. The van der Waals surface area contributed by atoms with Crippen LogP contribution in [0, 0.1) is 41.8 Å². The van der Waals surface area contributed by atoms with Gasteiger partial charge < -0.3 is 5.73 Å². The van der Waals surface area contributed by atoms with Crippen LogP contribution in [0.1, 0.15) is 22.7 Å². The second-order valence-corrected chi connectivity index (χ2v) is 4.47. The maximum absolute atomic E-state index is 13.6. The Morgan fingerprint density at radius 3 is 1.76 bits per heavy atom. The van der Waals surface area contributed by atoms with Crippen molar-refractivity contribution in [3.05, 3.63) is 69.8 Å². The number of hydrogen-bond acceptors (Lipinski definition) is 1. The summed E-state index contributed by atoms with van der Waals surface area (Å²) in [6.45, 7) is 1.38. The molecule has 0 saturated heterocycles. The molecule has 1 atom stereocenters. The molecular weight excluding hydrogens is 296 g/mol. The highest BCUT2D eigenvalue weighted by Gasteiger charge is 2.29. The molecule has 21 heavy (non-hydrogen) atoms. The normalized spacial score (nSPS) is 12.6. The molecule has 2 rings (SSSR count). The Bertz CT molecular complexity index is 684. The number of rotatable bonds is 2. The highest BCUT2D eigenvalue weighted by Crippen LogP contribution is 2.30. The zero-order valence-corrected chi connectivity index (χ0v) is 10.7. The minimum absolute atomic E-state index is 0.0251. The Labute approximate surface area is 116 Å². The summed E-state index contributed by atoms with van der Waals surface area (Å²) in [5.41, 5.74) is 4.57. The van der Waals surface area contributed by atoms with Crippen LogP contribution in [0.4, 0.5) is 26.3 Å². The lowest BCUT2D eigenvalue weighted by Gasteiger charge is -2.16. The van der Waals surface area contributed by atoms with Crippen molar-refractivity contribution in [2.75, 3.05) is 0 Å². The van der Waals surface area contributed by atoms with E-state index in [-0.39, 0.29) is 11.1 Å². The van der Waals surface area contributed by atoms with Gasteiger partial charge in [0.25, 0.3) is 0 Å². The second kappa shape index (κ2) is 5.40. The van der Waals surface area contributed by atoms with Gasteiger partial charge in [0.15, 0.2) is 23.3 Å². The Morgan fingerprint density at radius 2 is 1.29 bits per heavy atom. The van der Waals surface area contributed by atoms with E-state index in [2.05, 4.69) is 0 Å². The van der Waals surface area contributed by atoms with Gasteiger partial charge in [0, 0.05) is 0 Å². The smallest absolute Gasteiger partial charge is 0.200 e. The molecule has 2 aromatic carbocycles. The topological polar surface area (TPSA) is 26.0 Å². The van der Waals surface area contributed by atoms with Crippen LogP contribution < -0.4 is 5.73 Å². The number of nitrogens with two attached hydrogens (primary N) is 1. The van der Waals surface area contributed by atoms with Gasteiger partial charge in [0.1, 0.15) is 5.82 Å². The summed E-state index contributed by atoms with van der Waals surface area (Å²) in [5, 5.41) is 0. The van der Waals surface area contributed by atoms with Crippen molar-refractivity contribution >= 4 is 0 Å². The van der Waals surface area contributed by atoms with Gasteiger partial charge in [-0.1, -0.05) is 12.1 Å². The predicted molar refractivity (Wildman–Crippen MR) is 63.4 cm³/mol. The number of benzene rings is 2. The van der Waals surface area contributed by atoms with Crippen LogP contribution >= 0.6 is 0 Å². The van der Waals surface area contributed by atoms with E-state index in [1.807, 2.05) is 0 Å². The highest BCUT2D eigenvalue weighted by atomic mass is 19.2. The monoisotopic (exact) mass is 305 g/mol. The van der Waals surface area contributed by atoms with Crippen LogP contribution in [0.15, 0.2) is 18.2 Å². The van der Waals surface area contributed by atoms with Crippen LogP contribution in [-0.4, -0.2) is 0 Å². The Balaban J connectivity index is 2.63. The third kappa shape index (κ3) is 2.49. The summed E-state index contributed by atoms with van der Waals surface area (Å²) < 4.78 is 79.7. The first-order chi connectivity index (χ1) is 9.75. The van der Waals surface area contributed by atoms with E-state index in [1.165, 1.54) is 13.0 Å². The van der Waals surface area contributed by atoms with Gasteiger partial charge in [-0.3, -0.25) is 0 Å². The van der Waals surface area contributed by atoms with Crippen molar-refractivity contribution in [3.63, 3.8) is 0 Å². The van der Waals surface area contributed by atoms with E-state index in [0.29, 0.717) is 0 Å². The Kier molecular flexibility index (Phi) is 3.95. The largest absolute Gasteiger partial charge is 0.320 e. The molecule has 0 saturated carbocycles. The van der Waals surface area contributed by atoms with E-state index in [4.69, 9.17) is 5.73 Å². The molecule has 1 nitrogen and oxygen atoms in total. The number of hydrogen-bond donors (Lipinski definition) is 1. The summed E-state index contributed by atoms with van der Waals surface area (Å²) in [7, 11) is 0. The van der Waals surface area contributed by atoms with Gasteiger partial charge >= 0.3 is 0 Å². The van der Waals surface area contributed by atoms with Crippen molar-refractivity contribution in [2.45, 2.75) is 13.0 Å². The Hall–Kier alpha value is -2.02. The Morgan fingerprint density at radius 1 is 0.810 bits per heavy atom. The van der Waals surface area contributed by atoms with Gasteiger partial charge in [0.05, 0.1) is 11.6 Å². The first kappa shape index (κ1) is 15.4. The number of aryl methyl sites for hydroxylation is 1. The minimum atomic E-state index is -2.25. The highest BCUT2D eigenvalue weighted by molar-refractivity contribution is 5.36. The van der Waals surface area contributed by atoms with Gasteiger partial charge in [-0.05, 0) is 24.1 Å². The van der Waals surface area contributed by atoms with E-state index in [0.717, 1.165) is 12.1 Å². The van der Waals surface area contributed by atoms with Crippen molar-refractivity contribution in [1.82, 2.24) is 0 Å². The molecule has 0 heterocycles. The van der Waals surface area contributed by atoms with Crippen LogP contribution in [0.5, 0.6) is 0 Å². The lowest BCUT2D eigenvalue weighted by molar-refractivity contribution is 0.367. The molecule has 2 aromatic rings. The maximum atomic E-state index is 13.6. The lowest BCUT2D eigenvalue weighted by Crippen LogP contribution is -2.19. The molecule has 0 amide bonds. The lowest BCUT2D eigenvalue weighted by atomic mass is 9.96. The van der Waals surface area contributed by atoms with E-state index < -0.39 is 46.5 Å². The quantitative estimate of drug-likeness (QED) is 0.508. The van der Waals surface area contributed by atoms with Gasteiger partial charge in [0.2, 0.25) is 5.82 Å². The number of halogens is 6. The minimum Gasteiger partial charge on any atom is -0.320 e. The predicted octanol–water partition coefficient (Wildman–Crippen LogP) is 3.88. The molecule has 2 N–H and O–H groups in total. The first-order valence-electron chi connectivity index (χ1n) is 5.78. The zero-order valence-electron chi connectivity index (χ0n) is 10.7. The standard InChI is InChI=1S/C14H9F6N/c1-5-4-6(2-3-7(5)15)14(21)8-9(16)11(18)13(20)12(19)10(8)17/h2-4,14H,21H2,1H3. The van der Waals surface area contributed by atoms with Crippen LogP contribution in [0.25, 0.3) is 0 Å². The molecule has 1 unspecified atom stereocenters. The molecule has 0 radical (unpaired) electrons. The van der Waals surface area contributed by atoms with Gasteiger partial charge in [-0.2, -0.15) is 0 Å². The molecule has 0 aliphatic heterocycles. The van der Waals surface area contributed by atoms with E-state index >= 15 is 0 Å². The molecule has 0 aliphatic carbocycles. The molecule has 7 heteroatoms. The summed E-state index contributed by atoms with van der Waals surface area (Å²) >= 11 is 0. The first-order valence-corrected chi connectivity index (χ1v) is 5.78. The summed E-state index contributed by atoms with van der Waals surface area (Å²) in [5.74, 6) is -11.0. The molecule has 0 bridgehead atoms. The fraction of sp³-hybridized carbons (Fsp3) is 0.143. The second-order valence-electron chi connectivity index (χ2n) is 4.47. The van der Waals surface area contributed by atoms with Crippen LogP contribution in [0.3, 0.4) is 0 Å². The van der Waals surface area contributed by atoms with E-state index in [9.17, 15) is 26.3 Å². The third-order valence-electron chi connectivity index (χ3n) is 3.10. The average Bonchev–Trinajstić information content (AvgIpc) is 2.46. The average molecular weight is 305 g/mol. The summed E-state index contributed by atoms with van der Waals surface area (Å²) in [6, 6.07) is 1.67. The molecule has 0 fully saturated rings. The SMILES string of the molecule is Cc1cc(C(N)c2c(F)c(F)c(F)c(F)c2F)ccc1F. The van der Waals surface area contributed by atoms with Crippen molar-refractivity contribution in [2.24, 2.45) is 5.73 Å². The van der Waals surface area contributed by atoms with Crippen molar-refractivity contribution < 1.29 is 26.3 Å². The molecular formula is C14H9F6N. The molecule has 112 valence electrons. The maximum Gasteiger partial charge on any atom is 0.200 e. The molecule has 0 aliphatic rings. The van der Waals surface area contributed by atoms with Gasteiger partial charge in [-0.15, -0.1) is 0 Å². The summed E-state index contributed by atoms with van der Waals surface area (Å²) in [6.07, 6.45) is 0. The molecule has 0 aromatic heterocycles. The third-order valence-corrected chi connectivity index (χ3v) is 3.10. The van der Waals surface area contributed by atoms with Crippen LogP contribution in [0.2, 0.25) is 0 Å². The van der Waals surface area contributed by atoms with Gasteiger partial charge in [-0.25, -0.2) is 26.3 Å². The van der Waals surface area contributed by atoms with Crippen LogP contribution in [-0.2, 0) is 0 Å². The molecule has 0 spiro atoms. The van der Waals surface area contributed by atoms with E-state index in [1.54, 1.807) is 0 Å².